The number of amides is 2. The van der Waals surface area contributed by atoms with E-state index in [1.165, 1.54) is 6.92 Å². The fourth-order valence-corrected chi connectivity index (χ4v) is 2.81. The Bertz CT molecular complexity index is 806. The van der Waals surface area contributed by atoms with Gasteiger partial charge < -0.3 is 15.4 Å². The molecule has 0 aromatic heterocycles. The van der Waals surface area contributed by atoms with Crippen LogP contribution in [0.2, 0.25) is 0 Å². The van der Waals surface area contributed by atoms with Crippen LogP contribution in [0, 0.1) is 6.92 Å². The number of hydrogen-bond donors (Lipinski definition) is 2. The molecule has 0 saturated heterocycles. The third kappa shape index (κ3) is 5.59. The molecule has 6 heteroatoms. The number of halogens is 1. The summed E-state index contributed by atoms with van der Waals surface area (Å²) in [7, 11) is 0. The molecule has 5 nitrogen and oxygen atoms in total. The van der Waals surface area contributed by atoms with Crippen molar-refractivity contribution in [2.45, 2.75) is 33.6 Å². The Morgan fingerprint density at radius 1 is 1.12 bits per heavy atom. The average Bonchev–Trinajstić information content (AvgIpc) is 2.59. The van der Waals surface area contributed by atoms with E-state index in [-0.39, 0.29) is 11.8 Å². The Morgan fingerprint density at radius 2 is 1.88 bits per heavy atom. The molecule has 0 aliphatic rings. The highest BCUT2D eigenvalue weighted by molar-refractivity contribution is 9.10. The summed E-state index contributed by atoms with van der Waals surface area (Å²) in [6.45, 7) is 6.10. The van der Waals surface area contributed by atoms with E-state index in [9.17, 15) is 9.59 Å². The van der Waals surface area contributed by atoms with Crippen LogP contribution in [0.5, 0.6) is 5.75 Å². The van der Waals surface area contributed by atoms with Crippen molar-refractivity contribution in [1.29, 1.82) is 0 Å². The molecule has 0 unspecified atom stereocenters. The number of nitrogens with one attached hydrogen (secondary N) is 2. The van der Waals surface area contributed by atoms with Gasteiger partial charge in [0.15, 0.2) is 0 Å². The molecule has 0 heterocycles. The van der Waals surface area contributed by atoms with Gasteiger partial charge in [0.1, 0.15) is 5.75 Å². The SMILES string of the molecule is CCCCOc1ccc(C(=O)Nc2ccc(C)c(NC(C)=O)c2)cc1Br. The van der Waals surface area contributed by atoms with Crippen molar-refractivity contribution in [1.82, 2.24) is 0 Å². The maximum atomic E-state index is 12.5. The number of unbranched alkanes of at least 4 members (excludes halogenated alkanes) is 1. The van der Waals surface area contributed by atoms with Crippen LogP contribution in [-0.4, -0.2) is 18.4 Å². The molecule has 0 bridgehead atoms. The summed E-state index contributed by atoms with van der Waals surface area (Å²) in [5.41, 5.74) is 2.73. The van der Waals surface area contributed by atoms with Crippen molar-refractivity contribution in [3.63, 3.8) is 0 Å². The Balaban J connectivity index is 2.10. The third-order valence-corrected chi connectivity index (χ3v) is 4.38. The summed E-state index contributed by atoms with van der Waals surface area (Å²) in [5, 5.41) is 5.60. The quantitative estimate of drug-likeness (QED) is 0.611. The lowest BCUT2D eigenvalue weighted by Crippen LogP contribution is -2.13. The molecule has 0 saturated carbocycles. The standard InChI is InChI=1S/C20H23BrN2O3/c1-4-5-10-26-19-9-7-15(11-17(19)21)20(25)23-16-8-6-13(2)18(12-16)22-14(3)24/h6-9,11-12H,4-5,10H2,1-3H3,(H,22,24)(H,23,25). The molecule has 26 heavy (non-hydrogen) atoms. The van der Waals surface area contributed by atoms with Gasteiger partial charge in [-0.25, -0.2) is 0 Å². The number of ether oxygens (including phenoxy) is 1. The Morgan fingerprint density at radius 3 is 2.54 bits per heavy atom. The van der Waals surface area contributed by atoms with E-state index in [4.69, 9.17) is 4.74 Å². The summed E-state index contributed by atoms with van der Waals surface area (Å²) >= 11 is 3.45. The first-order valence-corrected chi connectivity index (χ1v) is 9.32. The smallest absolute Gasteiger partial charge is 0.255 e. The molecule has 0 spiro atoms. The van der Waals surface area contributed by atoms with Gasteiger partial charge in [-0.1, -0.05) is 19.4 Å². The zero-order chi connectivity index (χ0) is 19.1. The fraction of sp³-hybridized carbons (Fsp3) is 0.300. The molecular formula is C20H23BrN2O3. The highest BCUT2D eigenvalue weighted by Crippen LogP contribution is 2.27. The zero-order valence-electron chi connectivity index (χ0n) is 15.2. The molecule has 2 aromatic rings. The van der Waals surface area contributed by atoms with Gasteiger partial charge in [-0.3, -0.25) is 9.59 Å². The van der Waals surface area contributed by atoms with Gasteiger partial charge in [-0.2, -0.15) is 0 Å². The van der Waals surface area contributed by atoms with E-state index in [0.717, 1.165) is 28.6 Å². The number of rotatable bonds is 7. The van der Waals surface area contributed by atoms with Crippen LogP contribution < -0.4 is 15.4 Å². The van der Waals surface area contributed by atoms with Crippen LogP contribution in [0.1, 0.15) is 42.6 Å². The first-order chi connectivity index (χ1) is 12.4. The van der Waals surface area contributed by atoms with Crippen LogP contribution in [0.4, 0.5) is 11.4 Å². The number of carbonyl (C=O) groups excluding carboxylic acids is 2. The normalized spacial score (nSPS) is 10.3. The summed E-state index contributed by atoms with van der Waals surface area (Å²) in [6.07, 6.45) is 2.05. The van der Waals surface area contributed by atoms with E-state index >= 15 is 0 Å². The number of carbonyl (C=O) groups is 2. The average molecular weight is 419 g/mol. The summed E-state index contributed by atoms with van der Waals surface area (Å²) in [4.78, 5) is 23.8. The van der Waals surface area contributed by atoms with Crippen molar-refractivity contribution in [3.05, 3.63) is 52.0 Å². The Labute approximate surface area is 162 Å². The minimum atomic E-state index is -0.233. The minimum Gasteiger partial charge on any atom is -0.492 e. The number of benzene rings is 2. The summed E-state index contributed by atoms with van der Waals surface area (Å²) in [6, 6.07) is 10.6. The van der Waals surface area contributed by atoms with E-state index in [2.05, 4.69) is 33.5 Å². The molecule has 0 fully saturated rings. The van der Waals surface area contributed by atoms with Crippen molar-refractivity contribution in [2.24, 2.45) is 0 Å². The Hall–Kier alpha value is -2.34. The van der Waals surface area contributed by atoms with Crippen LogP contribution in [0.25, 0.3) is 0 Å². The summed E-state index contributed by atoms with van der Waals surface area (Å²) in [5.74, 6) is 0.334. The second-order valence-corrected chi connectivity index (χ2v) is 6.87. The van der Waals surface area contributed by atoms with Gasteiger partial charge in [-0.15, -0.1) is 0 Å². The maximum Gasteiger partial charge on any atom is 0.255 e. The highest BCUT2D eigenvalue weighted by Gasteiger charge is 2.11. The van der Waals surface area contributed by atoms with Crippen molar-refractivity contribution in [3.8, 4) is 5.75 Å². The van der Waals surface area contributed by atoms with Crippen LogP contribution in [0.3, 0.4) is 0 Å². The lowest BCUT2D eigenvalue weighted by molar-refractivity contribution is -0.114. The predicted octanol–water partition coefficient (Wildman–Crippen LogP) is 5.15. The lowest BCUT2D eigenvalue weighted by atomic mass is 10.1. The van der Waals surface area contributed by atoms with E-state index in [1.54, 1.807) is 30.3 Å². The first kappa shape index (κ1) is 20.0. The lowest BCUT2D eigenvalue weighted by Gasteiger charge is -2.12. The van der Waals surface area contributed by atoms with Gasteiger partial charge in [0.05, 0.1) is 11.1 Å². The van der Waals surface area contributed by atoms with E-state index < -0.39 is 0 Å². The van der Waals surface area contributed by atoms with Crippen LogP contribution >= 0.6 is 15.9 Å². The molecule has 2 rings (SSSR count). The summed E-state index contributed by atoms with van der Waals surface area (Å²) < 4.78 is 6.42. The van der Waals surface area contributed by atoms with Crippen molar-refractivity contribution >= 4 is 39.1 Å². The predicted molar refractivity (Wildman–Crippen MR) is 108 cm³/mol. The highest BCUT2D eigenvalue weighted by atomic mass is 79.9. The van der Waals surface area contributed by atoms with Crippen LogP contribution in [0.15, 0.2) is 40.9 Å². The van der Waals surface area contributed by atoms with Gasteiger partial charge in [-0.05, 0) is 65.2 Å². The van der Waals surface area contributed by atoms with E-state index in [0.29, 0.717) is 23.5 Å². The van der Waals surface area contributed by atoms with Crippen LogP contribution in [-0.2, 0) is 4.79 Å². The fourth-order valence-electron chi connectivity index (χ4n) is 2.31. The van der Waals surface area contributed by atoms with E-state index in [1.807, 2.05) is 13.0 Å². The number of anilines is 2. The maximum absolute atomic E-state index is 12.5. The molecule has 0 atom stereocenters. The molecule has 138 valence electrons. The molecule has 0 aliphatic carbocycles. The second-order valence-electron chi connectivity index (χ2n) is 6.01. The minimum absolute atomic E-state index is 0.154. The topological polar surface area (TPSA) is 67.4 Å². The van der Waals surface area contributed by atoms with Crippen molar-refractivity contribution in [2.75, 3.05) is 17.2 Å². The van der Waals surface area contributed by atoms with Gasteiger partial charge in [0.2, 0.25) is 5.91 Å². The second kappa shape index (κ2) is 9.38. The Kier molecular flexibility index (Phi) is 7.21. The molecule has 2 N–H and O–H groups in total. The number of hydrogen-bond acceptors (Lipinski definition) is 3. The van der Waals surface area contributed by atoms with Gasteiger partial charge in [0.25, 0.3) is 5.91 Å². The molecule has 2 aromatic carbocycles. The number of aryl methyl sites for hydroxylation is 1. The monoisotopic (exact) mass is 418 g/mol. The van der Waals surface area contributed by atoms with Crippen molar-refractivity contribution < 1.29 is 14.3 Å². The molecule has 0 aliphatic heterocycles. The third-order valence-electron chi connectivity index (χ3n) is 3.76. The largest absolute Gasteiger partial charge is 0.492 e. The molecule has 2 amide bonds. The zero-order valence-corrected chi connectivity index (χ0v) is 16.8. The molecular weight excluding hydrogens is 396 g/mol. The molecule has 0 radical (unpaired) electrons. The van der Waals surface area contributed by atoms with Gasteiger partial charge in [0, 0.05) is 23.9 Å². The van der Waals surface area contributed by atoms with Gasteiger partial charge >= 0.3 is 0 Å². The first-order valence-electron chi connectivity index (χ1n) is 8.52.